The molecule has 2 aliphatic heterocycles. The fourth-order valence-corrected chi connectivity index (χ4v) is 4.80. The lowest BCUT2D eigenvalue weighted by atomic mass is 10.1. The Morgan fingerprint density at radius 1 is 1.13 bits per heavy atom. The number of nitrogens with zero attached hydrogens (tertiary/aromatic N) is 3. The summed E-state index contributed by atoms with van der Waals surface area (Å²) in [6, 6.07) is 3.25. The number of amides is 1. The lowest BCUT2D eigenvalue weighted by Gasteiger charge is -2.35. The summed E-state index contributed by atoms with van der Waals surface area (Å²) in [5.41, 5.74) is 5.19. The summed E-state index contributed by atoms with van der Waals surface area (Å²) in [5.74, 6) is -0.666. The third kappa shape index (κ3) is 3.39. The second-order valence-corrected chi connectivity index (χ2v) is 8.06. The summed E-state index contributed by atoms with van der Waals surface area (Å²) >= 11 is 0. The summed E-state index contributed by atoms with van der Waals surface area (Å²) in [6.07, 6.45) is 5.44. The van der Waals surface area contributed by atoms with E-state index in [1.165, 1.54) is 35.5 Å². The van der Waals surface area contributed by atoms with Crippen LogP contribution in [0.5, 0.6) is 0 Å². The standard InChI is InChI=1S/C15H22N4O3S/c16-15(20)14-4-3-13(11-17-14)23(21,22)19-9-5-12(6-10-19)18-7-1-2-8-18/h3-4,11-12H,1-2,5-10H2,(H2,16,20). The Kier molecular flexibility index (Phi) is 4.65. The molecule has 7 nitrogen and oxygen atoms in total. The molecule has 0 unspecified atom stereocenters. The van der Waals surface area contributed by atoms with Crippen molar-refractivity contribution in [1.82, 2.24) is 14.2 Å². The van der Waals surface area contributed by atoms with Gasteiger partial charge in [-0.15, -0.1) is 0 Å². The van der Waals surface area contributed by atoms with Gasteiger partial charge in [-0.1, -0.05) is 0 Å². The Morgan fingerprint density at radius 3 is 2.30 bits per heavy atom. The van der Waals surface area contributed by atoms with Gasteiger partial charge in [0.1, 0.15) is 10.6 Å². The molecule has 0 radical (unpaired) electrons. The number of hydrogen-bond acceptors (Lipinski definition) is 5. The van der Waals surface area contributed by atoms with E-state index < -0.39 is 15.9 Å². The maximum atomic E-state index is 12.7. The SMILES string of the molecule is NC(=O)c1ccc(S(=O)(=O)N2CCC(N3CCCC3)CC2)cn1. The maximum Gasteiger partial charge on any atom is 0.267 e. The van der Waals surface area contributed by atoms with Crippen molar-refractivity contribution >= 4 is 15.9 Å². The van der Waals surface area contributed by atoms with Crippen molar-refractivity contribution in [1.29, 1.82) is 0 Å². The second kappa shape index (κ2) is 6.54. The van der Waals surface area contributed by atoms with Crippen LogP contribution in [0.4, 0.5) is 0 Å². The zero-order valence-electron chi connectivity index (χ0n) is 13.0. The number of pyridine rings is 1. The van der Waals surface area contributed by atoms with E-state index in [1.54, 1.807) is 0 Å². The number of sulfonamides is 1. The average molecular weight is 338 g/mol. The predicted octanol–water partition coefficient (Wildman–Crippen LogP) is 0.429. The van der Waals surface area contributed by atoms with Crippen LogP contribution < -0.4 is 5.73 Å². The molecule has 0 saturated carbocycles. The summed E-state index contributed by atoms with van der Waals surface area (Å²) in [4.78, 5) is 17.4. The Hall–Kier alpha value is -1.51. The predicted molar refractivity (Wildman–Crippen MR) is 85.3 cm³/mol. The van der Waals surface area contributed by atoms with E-state index in [0.29, 0.717) is 19.1 Å². The number of carbonyl (C=O) groups is 1. The fraction of sp³-hybridized carbons (Fsp3) is 0.600. The first-order chi connectivity index (χ1) is 11.0. The molecule has 126 valence electrons. The molecule has 0 aliphatic carbocycles. The topological polar surface area (TPSA) is 96.6 Å². The van der Waals surface area contributed by atoms with Crippen LogP contribution in [0.1, 0.15) is 36.2 Å². The van der Waals surface area contributed by atoms with E-state index in [-0.39, 0.29) is 10.6 Å². The molecule has 2 aliphatic rings. The zero-order chi connectivity index (χ0) is 16.4. The highest BCUT2D eigenvalue weighted by Gasteiger charge is 2.32. The molecule has 0 bridgehead atoms. The summed E-state index contributed by atoms with van der Waals surface area (Å²) < 4.78 is 26.8. The summed E-state index contributed by atoms with van der Waals surface area (Å²) in [7, 11) is -3.55. The average Bonchev–Trinajstić information content (AvgIpc) is 3.09. The van der Waals surface area contributed by atoms with Crippen LogP contribution in [0.2, 0.25) is 0 Å². The van der Waals surface area contributed by atoms with E-state index >= 15 is 0 Å². The smallest absolute Gasteiger partial charge is 0.267 e. The van der Waals surface area contributed by atoms with Crippen molar-refractivity contribution in [3.8, 4) is 0 Å². The maximum absolute atomic E-state index is 12.7. The lowest BCUT2D eigenvalue weighted by molar-refractivity contribution is 0.0995. The molecule has 2 fully saturated rings. The monoisotopic (exact) mass is 338 g/mol. The van der Waals surface area contributed by atoms with Gasteiger partial charge in [-0.2, -0.15) is 4.31 Å². The van der Waals surface area contributed by atoms with Crippen LogP contribution >= 0.6 is 0 Å². The highest BCUT2D eigenvalue weighted by atomic mass is 32.2. The molecule has 1 aromatic rings. The lowest BCUT2D eigenvalue weighted by Crippen LogP contribution is -2.45. The Bertz CT molecular complexity index is 660. The van der Waals surface area contributed by atoms with Crippen LogP contribution in [0, 0.1) is 0 Å². The number of nitrogens with two attached hydrogens (primary N) is 1. The summed E-state index contributed by atoms with van der Waals surface area (Å²) in [5, 5.41) is 0. The van der Waals surface area contributed by atoms with Crippen molar-refractivity contribution < 1.29 is 13.2 Å². The van der Waals surface area contributed by atoms with Gasteiger partial charge in [-0.25, -0.2) is 13.4 Å². The van der Waals surface area contributed by atoms with Crippen molar-refractivity contribution in [3.05, 3.63) is 24.0 Å². The zero-order valence-corrected chi connectivity index (χ0v) is 13.8. The minimum atomic E-state index is -3.55. The molecule has 0 aromatic carbocycles. The van der Waals surface area contributed by atoms with Crippen LogP contribution in [-0.2, 0) is 10.0 Å². The van der Waals surface area contributed by atoms with Crippen molar-refractivity contribution in [2.75, 3.05) is 26.2 Å². The molecule has 23 heavy (non-hydrogen) atoms. The van der Waals surface area contributed by atoms with Gasteiger partial charge < -0.3 is 10.6 Å². The minimum Gasteiger partial charge on any atom is -0.364 e. The third-order valence-corrected chi connectivity index (χ3v) is 6.59. The molecule has 0 atom stereocenters. The van der Waals surface area contributed by atoms with E-state index in [4.69, 9.17) is 5.73 Å². The largest absolute Gasteiger partial charge is 0.364 e. The minimum absolute atomic E-state index is 0.0664. The number of hydrogen-bond donors (Lipinski definition) is 1. The van der Waals surface area contributed by atoms with Gasteiger partial charge in [0.2, 0.25) is 10.0 Å². The first-order valence-electron chi connectivity index (χ1n) is 7.98. The van der Waals surface area contributed by atoms with Crippen LogP contribution in [-0.4, -0.2) is 60.7 Å². The number of likely N-dealkylation sites (tertiary alicyclic amines) is 1. The molecule has 1 amide bonds. The first kappa shape index (κ1) is 16.4. The molecule has 2 N–H and O–H groups in total. The molecule has 2 saturated heterocycles. The highest BCUT2D eigenvalue weighted by molar-refractivity contribution is 7.89. The van der Waals surface area contributed by atoms with E-state index in [0.717, 1.165) is 25.9 Å². The van der Waals surface area contributed by atoms with Gasteiger partial charge in [0.05, 0.1) is 0 Å². The molecule has 1 aromatic heterocycles. The first-order valence-corrected chi connectivity index (χ1v) is 9.42. The van der Waals surface area contributed by atoms with E-state index in [1.807, 2.05) is 0 Å². The van der Waals surface area contributed by atoms with Crippen LogP contribution in [0.25, 0.3) is 0 Å². The molecular formula is C15H22N4O3S. The van der Waals surface area contributed by atoms with Crippen molar-refractivity contribution in [2.24, 2.45) is 5.73 Å². The van der Waals surface area contributed by atoms with Gasteiger partial charge >= 0.3 is 0 Å². The van der Waals surface area contributed by atoms with Gasteiger partial charge in [0.25, 0.3) is 5.91 Å². The van der Waals surface area contributed by atoms with Crippen molar-refractivity contribution in [2.45, 2.75) is 36.6 Å². The van der Waals surface area contributed by atoms with Gasteiger partial charge in [0.15, 0.2) is 0 Å². The van der Waals surface area contributed by atoms with E-state index in [9.17, 15) is 13.2 Å². The molecule has 0 spiro atoms. The number of rotatable bonds is 4. The number of carbonyl (C=O) groups excluding carboxylic acids is 1. The van der Waals surface area contributed by atoms with E-state index in [2.05, 4.69) is 9.88 Å². The fourth-order valence-electron chi connectivity index (χ4n) is 3.38. The Labute approximate surface area is 136 Å². The highest BCUT2D eigenvalue weighted by Crippen LogP contribution is 2.25. The van der Waals surface area contributed by atoms with Gasteiger partial charge in [0, 0.05) is 25.3 Å². The second-order valence-electron chi connectivity index (χ2n) is 6.12. The Morgan fingerprint density at radius 2 is 1.78 bits per heavy atom. The molecule has 3 heterocycles. The number of primary amides is 1. The van der Waals surface area contributed by atoms with Crippen LogP contribution in [0.15, 0.2) is 23.2 Å². The molecule has 8 heteroatoms. The normalized spacial score (nSPS) is 21.6. The number of aromatic nitrogens is 1. The molecule has 3 rings (SSSR count). The quantitative estimate of drug-likeness (QED) is 0.859. The van der Waals surface area contributed by atoms with Crippen molar-refractivity contribution in [3.63, 3.8) is 0 Å². The molecular weight excluding hydrogens is 316 g/mol. The number of piperidine rings is 1. The van der Waals surface area contributed by atoms with Crippen LogP contribution in [0.3, 0.4) is 0 Å². The van der Waals surface area contributed by atoms with Gasteiger partial charge in [-0.05, 0) is 50.9 Å². The summed E-state index contributed by atoms with van der Waals surface area (Å²) in [6.45, 7) is 3.33. The third-order valence-electron chi connectivity index (χ3n) is 4.71. The Balaban J connectivity index is 1.67. The van der Waals surface area contributed by atoms with Gasteiger partial charge in [-0.3, -0.25) is 4.79 Å².